The molecule has 2 aliphatic carbocycles. The molecule has 2 unspecified atom stereocenters. The van der Waals surface area contributed by atoms with Crippen molar-refractivity contribution in [2.75, 3.05) is 5.32 Å². The lowest BCUT2D eigenvalue weighted by molar-refractivity contribution is 0.662. The summed E-state index contributed by atoms with van der Waals surface area (Å²) in [7, 11) is 0. The molecular formula is C22H23N3O. The molecule has 0 spiro atoms. The van der Waals surface area contributed by atoms with Crippen molar-refractivity contribution in [3.8, 4) is 5.69 Å². The highest BCUT2D eigenvalue weighted by Crippen LogP contribution is 2.50. The highest BCUT2D eigenvalue weighted by molar-refractivity contribution is 5.85. The Morgan fingerprint density at radius 1 is 1.23 bits per heavy atom. The molecule has 0 saturated heterocycles. The Hall–Kier alpha value is -2.88. The second kappa shape index (κ2) is 5.84. The Morgan fingerprint density at radius 2 is 2.08 bits per heavy atom. The minimum Gasteiger partial charge on any atom is -0.345 e. The molecular weight excluding hydrogens is 322 g/mol. The molecule has 2 aromatic heterocycles. The van der Waals surface area contributed by atoms with Gasteiger partial charge in [-0.3, -0.25) is 14.3 Å². The fourth-order valence-electron chi connectivity index (χ4n) is 4.22. The number of benzene rings is 1. The summed E-state index contributed by atoms with van der Waals surface area (Å²) in [4.78, 5) is 17.2. The zero-order valence-corrected chi connectivity index (χ0v) is 14.8. The maximum Gasteiger partial charge on any atom is 0.191 e. The van der Waals surface area contributed by atoms with E-state index in [1.165, 1.54) is 18.5 Å². The van der Waals surface area contributed by atoms with Crippen LogP contribution in [-0.4, -0.2) is 9.55 Å². The molecule has 1 aromatic carbocycles. The zero-order chi connectivity index (χ0) is 17.7. The Bertz CT molecular complexity index is 1090. The van der Waals surface area contributed by atoms with E-state index >= 15 is 0 Å². The van der Waals surface area contributed by atoms with Crippen LogP contribution in [0.2, 0.25) is 0 Å². The van der Waals surface area contributed by atoms with Crippen LogP contribution >= 0.6 is 0 Å². The summed E-state index contributed by atoms with van der Waals surface area (Å²) < 4.78 is 2.11. The third-order valence-electron chi connectivity index (χ3n) is 5.62. The van der Waals surface area contributed by atoms with E-state index in [1.807, 2.05) is 25.1 Å². The van der Waals surface area contributed by atoms with Crippen molar-refractivity contribution in [2.24, 2.45) is 11.8 Å². The molecule has 2 aliphatic rings. The lowest BCUT2D eigenvalue weighted by Crippen LogP contribution is -2.17. The second-order valence-corrected chi connectivity index (χ2v) is 7.38. The molecule has 5 rings (SSSR count). The van der Waals surface area contributed by atoms with Gasteiger partial charge in [0, 0.05) is 31.0 Å². The van der Waals surface area contributed by atoms with Crippen LogP contribution in [0.1, 0.15) is 26.3 Å². The van der Waals surface area contributed by atoms with Crippen LogP contribution in [0.25, 0.3) is 16.6 Å². The van der Waals surface area contributed by atoms with Gasteiger partial charge in [-0.1, -0.05) is 24.3 Å². The number of aromatic nitrogens is 2. The first kappa shape index (κ1) is 15.4. The minimum absolute atomic E-state index is 0. The van der Waals surface area contributed by atoms with E-state index in [4.69, 9.17) is 0 Å². The van der Waals surface area contributed by atoms with E-state index in [0.717, 1.165) is 40.3 Å². The monoisotopic (exact) mass is 345 g/mol. The van der Waals surface area contributed by atoms with Crippen LogP contribution in [0, 0.1) is 18.8 Å². The number of rotatable bonds is 3. The van der Waals surface area contributed by atoms with Crippen LogP contribution < -0.4 is 10.7 Å². The number of nitrogens with zero attached hydrogens (tertiary/aromatic N) is 2. The molecule has 1 N–H and O–H groups in total. The molecule has 3 aromatic rings. The van der Waals surface area contributed by atoms with Crippen molar-refractivity contribution in [1.82, 2.24) is 9.55 Å². The Labute approximate surface area is 153 Å². The molecule has 0 bridgehead atoms. The van der Waals surface area contributed by atoms with E-state index in [-0.39, 0.29) is 6.86 Å². The molecule has 26 heavy (non-hydrogen) atoms. The zero-order valence-electron chi connectivity index (χ0n) is 14.8. The van der Waals surface area contributed by atoms with Gasteiger partial charge in [0.15, 0.2) is 5.43 Å². The van der Waals surface area contributed by atoms with Gasteiger partial charge < -0.3 is 5.32 Å². The average Bonchev–Trinajstić information content (AvgIpc) is 3.43. The Balaban J connectivity index is 0.00000180. The van der Waals surface area contributed by atoms with Crippen LogP contribution in [-0.2, 0) is 0 Å². The number of hydrogen-bond acceptors (Lipinski definition) is 3. The van der Waals surface area contributed by atoms with Gasteiger partial charge in [-0.25, -0.2) is 0 Å². The normalized spacial score (nSPS) is 21.2. The predicted molar refractivity (Wildman–Crippen MR) is 107 cm³/mol. The summed E-state index contributed by atoms with van der Waals surface area (Å²) in [6.45, 7) is 1.94. The van der Waals surface area contributed by atoms with Crippen LogP contribution in [0.4, 0.5) is 5.82 Å². The number of pyridine rings is 2. The summed E-state index contributed by atoms with van der Waals surface area (Å²) in [5.74, 6) is 2.28. The van der Waals surface area contributed by atoms with E-state index in [2.05, 4.69) is 33.1 Å². The molecule has 2 atom stereocenters. The van der Waals surface area contributed by atoms with Gasteiger partial charge in [-0.05, 0) is 49.8 Å². The summed E-state index contributed by atoms with van der Waals surface area (Å²) in [6.07, 6.45) is 9.52. The van der Waals surface area contributed by atoms with Gasteiger partial charge >= 0.3 is 0 Å². The summed E-state index contributed by atoms with van der Waals surface area (Å²) in [5, 5.41) is 4.32. The number of anilines is 1. The van der Waals surface area contributed by atoms with Gasteiger partial charge in [0.05, 0.1) is 17.1 Å². The number of hydrogen-bond donors (Lipinski definition) is 1. The molecule has 4 nitrogen and oxygen atoms in total. The highest BCUT2D eigenvalue weighted by Gasteiger charge is 2.41. The van der Waals surface area contributed by atoms with Crippen LogP contribution in [0.3, 0.4) is 0 Å². The molecule has 1 fully saturated rings. The molecule has 1 saturated carbocycles. The number of para-hydroxylation sites is 1. The third kappa shape index (κ3) is 2.45. The van der Waals surface area contributed by atoms with Crippen LogP contribution in [0.5, 0.6) is 0 Å². The van der Waals surface area contributed by atoms with Gasteiger partial charge in [0.25, 0.3) is 0 Å². The Morgan fingerprint density at radius 3 is 2.92 bits per heavy atom. The molecule has 2 heterocycles. The molecule has 0 radical (unpaired) electrons. The minimum atomic E-state index is 0. The SMILES string of the molecule is Cc1cncc2c1c(=O)cc(NC1=CCCC3CC13)n2-c1ccccc1.[HH]. The van der Waals surface area contributed by atoms with Gasteiger partial charge in [0.2, 0.25) is 0 Å². The van der Waals surface area contributed by atoms with Gasteiger partial charge in [-0.15, -0.1) is 0 Å². The number of fused-ring (bicyclic) bond motifs is 2. The Kier molecular flexibility index (Phi) is 3.45. The lowest BCUT2D eigenvalue weighted by Gasteiger charge is -2.21. The number of allylic oxidation sites excluding steroid dienone is 2. The fraction of sp³-hybridized carbons (Fsp3) is 0.273. The maximum atomic E-state index is 12.8. The number of aryl methyl sites for hydroxylation is 1. The molecule has 132 valence electrons. The standard InChI is InChI=1S/C22H21N3O.H2/c1-14-12-23-13-19-22(14)20(26)11-21(25(19)16-7-3-2-4-8-16)24-18-9-5-6-15-10-17(15)18;/h2-4,7-9,11-13,15,17,24H,5-6,10H2,1H3;1H. The smallest absolute Gasteiger partial charge is 0.191 e. The summed E-state index contributed by atoms with van der Waals surface area (Å²) in [5.41, 5.74) is 4.08. The van der Waals surface area contributed by atoms with Crippen molar-refractivity contribution >= 4 is 16.7 Å². The first-order valence-electron chi connectivity index (χ1n) is 9.25. The van der Waals surface area contributed by atoms with Crippen molar-refractivity contribution in [3.63, 3.8) is 0 Å². The quantitative estimate of drug-likeness (QED) is 0.750. The van der Waals surface area contributed by atoms with Crippen molar-refractivity contribution in [1.29, 1.82) is 0 Å². The van der Waals surface area contributed by atoms with Crippen molar-refractivity contribution in [2.45, 2.75) is 26.2 Å². The molecule has 0 aliphatic heterocycles. The predicted octanol–water partition coefficient (Wildman–Crippen LogP) is 4.67. The molecule has 0 amide bonds. The average molecular weight is 345 g/mol. The topological polar surface area (TPSA) is 46.9 Å². The first-order valence-corrected chi connectivity index (χ1v) is 9.25. The van der Waals surface area contributed by atoms with E-state index in [0.29, 0.717) is 5.92 Å². The van der Waals surface area contributed by atoms with Gasteiger partial charge in [0.1, 0.15) is 5.82 Å². The lowest BCUT2D eigenvalue weighted by atomic mass is 10.0. The fourth-order valence-corrected chi connectivity index (χ4v) is 4.22. The van der Waals surface area contributed by atoms with Crippen LogP contribution in [0.15, 0.2) is 65.4 Å². The number of nitrogens with one attached hydrogen (secondary N) is 1. The largest absolute Gasteiger partial charge is 0.345 e. The van der Waals surface area contributed by atoms with Crippen molar-refractivity contribution in [3.05, 3.63) is 76.4 Å². The summed E-state index contributed by atoms with van der Waals surface area (Å²) >= 11 is 0. The van der Waals surface area contributed by atoms with Crippen molar-refractivity contribution < 1.29 is 1.43 Å². The van der Waals surface area contributed by atoms with Gasteiger partial charge in [-0.2, -0.15) is 0 Å². The first-order chi connectivity index (χ1) is 12.7. The second-order valence-electron chi connectivity index (χ2n) is 7.38. The van der Waals surface area contributed by atoms with E-state index in [1.54, 1.807) is 18.5 Å². The summed E-state index contributed by atoms with van der Waals surface area (Å²) in [6, 6.07) is 11.9. The molecule has 4 heteroatoms. The highest BCUT2D eigenvalue weighted by atomic mass is 16.1. The third-order valence-corrected chi connectivity index (χ3v) is 5.62. The maximum absolute atomic E-state index is 12.8. The van der Waals surface area contributed by atoms with E-state index in [9.17, 15) is 4.79 Å². The van der Waals surface area contributed by atoms with E-state index < -0.39 is 0 Å².